The Hall–Kier alpha value is -1.84. The van der Waals surface area contributed by atoms with Gasteiger partial charge in [0.05, 0.1) is 0 Å². The number of carbonyl (C=O) groups excluding carboxylic acids is 1. The third-order valence-electron chi connectivity index (χ3n) is 3.76. The minimum Gasteiger partial charge on any atom is -0.480 e. The second-order valence-electron chi connectivity index (χ2n) is 6.57. The zero-order valence-corrected chi connectivity index (χ0v) is 13.9. The zero-order valence-electron chi connectivity index (χ0n) is 13.9. The van der Waals surface area contributed by atoms with Crippen LogP contribution in [-0.4, -0.2) is 23.0 Å². The van der Waals surface area contributed by atoms with Gasteiger partial charge in [-0.05, 0) is 23.8 Å². The van der Waals surface area contributed by atoms with Gasteiger partial charge in [-0.25, -0.2) is 4.79 Å². The Bertz CT molecular complexity index is 482. The molecule has 0 radical (unpaired) electrons. The quantitative estimate of drug-likeness (QED) is 0.775. The van der Waals surface area contributed by atoms with Gasteiger partial charge in [0.25, 0.3) is 0 Å². The largest absolute Gasteiger partial charge is 0.480 e. The maximum Gasteiger partial charge on any atom is 0.326 e. The maximum atomic E-state index is 12.5. The number of hydrogen-bond acceptors (Lipinski definition) is 2. The first kappa shape index (κ1) is 18.2. The molecular formula is C18H27NO3. The van der Waals surface area contributed by atoms with E-state index in [4.69, 9.17) is 0 Å². The molecule has 1 aromatic rings. The molecule has 0 saturated heterocycles. The minimum atomic E-state index is -0.996. The molecule has 0 aliphatic carbocycles. The van der Waals surface area contributed by atoms with Gasteiger partial charge >= 0.3 is 5.97 Å². The molecular weight excluding hydrogens is 278 g/mol. The number of rotatable bonds is 8. The number of nitrogens with one attached hydrogen (secondary N) is 1. The topological polar surface area (TPSA) is 66.4 Å². The molecule has 122 valence electrons. The lowest BCUT2D eigenvalue weighted by atomic mass is 9.86. The summed E-state index contributed by atoms with van der Waals surface area (Å²) < 4.78 is 0. The van der Waals surface area contributed by atoms with E-state index in [1.165, 1.54) is 0 Å². The van der Waals surface area contributed by atoms with Gasteiger partial charge in [0, 0.05) is 12.3 Å². The molecule has 0 aromatic heterocycles. The monoisotopic (exact) mass is 305 g/mol. The van der Waals surface area contributed by atoms with Crippen LogP contribution in [0, 0.1) is 17.8 Å². The van der Waals surface area contributed by atoms with Crippen LogP contribution in [0.25, 0.3) is 0 Å². The first-order chi connectivity index (χ1) is 10.3. The highest BCUT2D eigenvalue weighted by atomic mass is 16.4. The van der Waals surface area contributed by atoms with Crippen molar-refractivity contribution in [2.45, 2.75) is 46.6 Å². The molecule has 22 heavy (non-hydrogen) atoms. The second-order valence-corrected chi connectivity index (χ2v) is 6.57. The van der Waals surface area contributed by atoms with Gasteiger partial charge in [0.1, 0.15) is 6.04 Å². The molecule has 0 saturated carbocycles. The highest BCUT2D eigenvalue weighted by Crippen LogP contribution is 2.20. The van der Waals surface area contributed by atoms with E-state index in [1.807, 2.05) is 44.2 Å². The summed E-state index contributed by atoms with van der Waals surface area (Å²) in [5.74, 6) is -0.724. The lowest BCUT2D eigenvalue weighted by Gasteiger charge is -2.24. The smallest absolute Gasteiger partial charge is 0.326 e. The molecule has 0 bridgehead atoms. The number of hydrogen-bond donors (Lipinski definition) is 2. The molecule has 4 heteroatoms. The summed E-state index contributed by atoms with van der Waals surface area (Å²) in [7, 11) is 0. The standard InChI is InChI=1S/C18H27NO3/c1-12(2)10-15(13(3)4)17(20)19-16(18(21)22)11-14-8-6-5-7-9-14/h5-9,12-13,15-16H,10-11H2,1-4H3,(H,19,20)(H,21,22)/t15?,16-/m0/s1. The van der Waals surface area contributed by atoms with Gasteiger partial charge in [0.2, 0.25) is 5.91 Å². The minimum absolute atomic E-state index is 0.155. The summed E-state index contributed by atoms with van der Waals surface area (Å²) in [6.07, 6.45) is 1.07. The fraction of sp³-hybridized carbons (Fsp3) is 0.556. The van der Waals surface area contributed by atoms with Crippen molar-refractivity contribution < 1.29 is 14.7 Å². The Labute approximate surface area is 132 Å². The van der Waals surface area contributed by atoms with Crippen LogP contribution in [0.1, 0.15) is 39.7 Å². The van der Waals surface area contributed by atoms with Gasteiger partial charge in [-0.2, -0.15) is 0 Å². The van der Waals surface area contributed by atoms with Crippen LogP contribution in [0.15, 0.2) is 30.3 Å². The molecule has 0 aliphatic heterocycles. The fourth-order valence-electron chi connectivity index (χ4n) is 2.52. The Morgan fingerprint density at radius 2 is 1.68 bits per heavy atom. The number of carboxylic acid groups (broad SMARTS) is 1. The fourth-order valence-corrected chi connectivity index (χ4v) is 2.52. The van der Waals surface area contributed by atoms with Gasteiger partial charge in [-0.15, -0.1) is 0 Å². The summed E-state index contributed by atoms with van der Waals surface area (Å²) in [5, 5.41) is 12.1. The Morgan fingerprint density at radius 3 is 2.14 bits per heavy atom. The van der Waals surface area contributed by atoms with E-state index in [0.29, 0.717) is 12.3 Å². The van der Waals surface area contributed by atoms with Crippen molar-refractivity contribution in [1.82, 2.24) is 5.32 Å². The van der Waals surface area contributed by atoms with E-state index in [2.05, 4.69) is 19.2 Å². The predicted molar refractivity (Wildman–Crippen MR) is 87.5 cm³/mol. The molecule has 0 fully saturated rings. The average molecular weight is 305 g/mol. The van der Waals surface area contributed by atoms with E-state index in [9.17, 15) is 14.7 Å². The van der Waals surface area contributed by atoms with Crippen LogP contribution in [0.5, 0.6) is 0 Å². The summed E-state index contributed by atoms with van der Waals surface area (Å²) in [6, 6.07) is 8.47. The molecule has 0 spiro atoms. The van der Waals surface area contributed by atoms with Crippen LogP contribution >= 0.6 is 0 Å². The van der Waals surface area contributed by atoms with Crippen molar-refractivity contribution >= 4 is 11.9 Å². The van der Waals surface area contributed by atoms with Gasteiger partial charge in [0.15, 0.2) is 0 Å². The van der Waals surface area contributed by atoms with E-state index in [0.717, 1.165) is 12.0 Å². The SMILES string of the molecule is CC(C)CC(C(=O)N[C@@H](Cc1ccccc1)C(=O)O)C(C)C. The first-order valence-corrected chi connectivity index (χ1v) is 7.88. The van der Waals surface area contributed by atoms with Crippen LogP contribution < -0.4 is 5.32 Å². The number of amides is 1. The number of benzene rings is 1. The van der Waals surface area contributed by atoms with Crippen LogP contribution in [0.2, 0.25) is 0 Å². The highest BCUT2D eigenvalue weighted by Gasteiger charge is 2.27. The van der Waals surface area contributed by atoms with E-state index in [-0.39, 0.29) is 17.7 Å². The van der Waals surface area contributed by atoms with Gasteiger partial charge < -0.3 is 10.4 Å². The Kier molecular flexibility index (Phi) is 7.09. The summed E-state index contributed by atoms with van der Waals surface area (Å²) >= 11 is 0. The first-order valence-electron chi connectivity index (χ1n) is 7.88. The van der Waals surface area contributed by atoms with Crippen molar-refractivity contribution in [3.05, 3.63) is 35.9 Å². The molecule has 1 amide bonds. The van der Waals surface area contributed by atoms with Crippen LogP contribution in [-0.2, 0) is 16.0 Å². The summed E-state index contributed by atoms with van der Waals surface area (Å²) in [5.41, 5.74) is 0.903. The normalized spacial score (nSPS) is 13.9. The molecule has 1 unspecified atom stereocenters. The molecule has 2 N–H and O–H groups in total. The summed E-state index contributed by atoms with van der Waals surface area (Å²) in [6.45, 7) is 8.14. The van der Waals surface area contributed by atoms with Crippen molar-refractivity contribution in [2.24, 2.45) is 17.8 Å². The average Bonchev–Trinajstić information content (AvgIpc) is 2.44. The number of carbonyl (C=O) groups is 2. The Balaban J connectivity index is 2.76. The predicted octanol–water partition coefficient (Wildman–Crippen LogP) is 3.12. The van der Waals surface area contributed by atoms with Crippen molar-refractivity contribution in [2.75, 3.05) is 0 Å². The molecule has 1 aromatic carbocycles. The molecule has 0 aliphatic rings. The lowest BCUT2D eigenvalue weighted by molar-refractivity contribution is -0.142. The maximum absolute atomic E-state index is 12.5. The lowest BCUT2D eigenvalue weighted by Crippen LogP contribution is -2.46. The third-order valence-corrected chi connectivity index (χ3v) is 3.76. The molecule has 0 heterocycles. The van der Waals surface area contributed by atoms with Crippen molar-refractivity contribution in [3.8, 4) is 0 Å². The molecule has 1 rings (SSSR count). The second kappa shape index (κ2) is 8.57. The molecule has 2 atom stereocenters. The van der Waals surface area contributed by atoms with Crippen LogP contribution in [0.4, 0.5) is 0 Å². The Morgan fingerprint density at radius 1 is 1.09 bits per heavy atom. The van der Waals surface area contributed by atoms with Gasteiger partial charge in [-0.3, -0.25) is 4.79 Å². The van der Waals surface area contributed by atoms with Crippen molar-refractivity contribution in [3.63, 3.8) is 0 Å². The van der Waals surface area contributed by atoms with E-state index >= 15 is 0 Å². The van der Waals surface area contributed by atoms with Crippen LogP contribution in [0.3, 0.4) is 0 Å². The van der Waals surface area contributed by atoms with E-state index < -0.39 is 12.0 Å². The highest BCUT2D eigenvalue weighted by molar-refractivity contribution is 5.85. The number of carboxylic acids is 1. The number of aliphatic carboxylic acids is 1. The van der Waals surface area contributed by atoms with Gasteiger partial charge in [-0.1, -0.05) is 58.0 Å². The summed E-state index contributed by atoms with van der Waals surface area (Å²) in [4.78, 5) is 23.9. The third kappa shape index (κ3) is 5.88. The molecule has 4 nitrogen and oxygen atoms in total. The zero-order chi connectivity index (χ0) is 16.7. The van der Waals surface area contributed by atoms with E-state index in [1.54, 1.807) is 0 Å². The van der Waals surface area contributed by atoms with Crippen molar-refractivity contribution in [1.29, 1.82) is 0 Å².